The number of nitrogens with two attached hydrogens (primary N) is 1. The van der Waals surface area contributed by atoms with Crippen molar-refractivity contribution in [3.63, 3.8) is 0 Å². The SMILES string of the molecule is CCOc1cc(N)cc(NCC2(C)CCC2)c1. The number of nitrogen functional groups attached to an aromatic ring is 1. The molecule has 0 heterocycles. The van der Waals surface area contributed by atoms with Gasteiger partial charge in [-0.25, -0.2) is 0 Å². The lowest BCUT2D eigenvalue weighted by molar-refractivity contribution is 0.180. The predicted octanol–water partition coefficient (Wildman–Crippen LogP) is 3.27. The van der Waals surface area contributed by atoms with Gasteiger partial charge in [0.25, 0.3) is 0 Å². The van der Waals surface area contributed by atoms with E-state index in [9.17, 15) is 0 Å². The van der Waals surface area contributed by atoms with Crippen LogP contribution >= 0.6 is 0 Å². The van der Waals surface area contributed by atoms with Crippen LogP contribution in [-0.4, -0.2) is 13.2 Å². The standard InChI is InChI=1S/C14H22N2O/c1-3-17-13-8-11(15)7-12(9-13)16-10-14(2)5-4-6-14/h7-9,16H,3-6,10,15H2,1-2H3. The van der Waals surface area contributed by atoms with Crippen LogP contribution in [0.3, 0.4) is 0 Å². The van der Waals surface area contributed by atoms with Crippen LogP contribution in [0, 0.1) is 5.41 Å². The fraction of sp³-hybridized carbons (Fsp3) is 0.571. The highest BCUT2D eigenvalue weighted by Gasteiger charge is 2.31. The number of benzene rings is 1. The average Bonchev–Trinajstić information content (AvgIpc) is 2.23. The molecule has 0 unspecified atom stereocenters. The Kier molecular flexibility index (Phi) is 3.46. The van der Waals surface area contributed by atoms with Crippen LogP contribution in [0.5, 0.6) is 5.75 Å². The lowest BCUT2D eigenvalue weighted by Gasteiger charge is -2.38. The predicted molar refractivity (Wildman–Crippen MR) is 72.5 cm³/mol. The van der Waals surface area contributed by atoms with Crippen molar-refractivity contribution in [2.75, 3.05) is 24.2 Å². The number of nitrogens with one attached hydrogen (secondary N) is 1. The lowest BCUT2D eigenvalue weighted by atomic mass is 9.70. The third-order valence-electron chi connectivity index (χ3n) is 3.52. The first-order valence-corrected chi connectivity index (χ1v) is 6.38. The van der Waals surface area contributed by atoms with Crippen molar-refractivity contribution < 1.29 is 4.74 Å². The van der Waals surface area contributed by atoms with E-state index in [0.29, 0.717) is 12.0 Å². The first-order chi connectivity index (χ1) is 8.11. The molecule has 3 nitrogen and oxygen atoms in total. The second-order valence-electron chi connectivity index (χ2n) is 5.24. The lowest BCUT2D eigenvalue weighted by Crippen LogP contribution is -2.33. The van der Waals surface area contributed by atoms with E-state index in [2.05, 4.69) is 12.2 Å². The molecule has 1 saturated carbocycles. The maximum Gasteiger partial charge on any atom is 0.123 e. The smallest absolute Gasteiger partial charge is 0.123 e. The molecule has 0 amide bonds. The summed E-state index contributed by atoms with van der Waals surface area (Å²) in [5, 5.41) is 3.47. The summed E-state index contributed by atoms with van der Waals surface area (Å²) < 4.78 is 5.48. The second kappa shape index (κ2) is 4.86. The molecule has 3 heteroatoms. The molecule has 1 fully saturated rings. The van der Waals surface area contributed by atoms with Crippen LogP contribution < -0.4 is 15.8 Å². The highest BCUT2D eigenvalue weighted by molar-refractivity contribution is 5.59. The van der Waals surface area contributed by atoms with Gasteiger partial charge in [0.1, 0.15) is 5.75 Å². The van der Waals surface area contributed by atoms with Crippen LogP contribution in [0.1, 0.15) is 33.1 Å². The van der Waals surface area contributed by atoms with E-state index in [1.165, 1.54) is 19.3 Å². The topological polar surface area (TPSA) is 47.3 Å². The van der Waals surface area contributed by atoms with Crippen molar-refractivity contribution in [2.24, 2.45) is 5.41 Å². The molecule has 0 bridgehead atoms. The maximum absolute atomic E-state index is 5.86. The minimum absolute atomic E-state index is 0.469. The van der Waals surface area contributed by atoms with Gasteiger partial charge in [-0.05, 0) is 31.2 Å². The van der Waals surface area contributed by atoms with Crippen LogP contribution in [0.15, 0.2) is 18.2 Å². The number of hydrogen-bond acceptors (Lipinski definition) is 3. The summed E-state index contributed by atoms with van der Waals surface area (Å²) in [7, 11) is 0. The minimum atomic E-state index is 0.469. The van der Waals surface area contributed by atoms with E-state index in [1.807, 2.05) is 25.1 Å². The summed E-state index contributed by atoms with van der Waals surface area (Å²) in [5.41, 5.74) is 8.13. The van der Waals surface area contributed by atoms with Crippen LogP contribution in [0.4, 0.5) is 11.4 Å². The summed E-state index contributed by atoms with van der Waals surface area (Å²) in [6, 6.07) is 5.84. The molecule has 1 aliphatic rings. The molecule has 1 aromatic carbocycles. The molecule has 0 spiro atoms. The quantitative estimate of drug-likeness (QED) is 0.769. The average molecular weight is 234 g/mol. The van der Waals surface area contributed by atoms with E-state index in [-0.39, 0.29) is 0 Å². The molecule has 2 rings (SSSR count). The third-order valence-corrected chi connectivity index (χ3v) is 3.52. The van der Waals surface area contributed by atoms with Gasteiger partial charge in [0.2, 0.25) is 0 Å². The summed E-state index contributed by atoms with van der Waals surface area (Å²) >= 11 is 0. The fourth-order valence-corrected chi connectivity index (χ4v) is 2.25. The van der Waals surface area contributed by atoms with Gasteiger partial charge in [-0.2, -0.15) is 0 Å². The molecule has 94 valence electrons. The molecule has 0 saturated heterocycles. The Balaban J connectivity index is 1.99. The fourth-order valence-electron chi connectivity index (χ4n) is 2.25. The minimum Gasteiger partial charge on any atom is -0.494 e. The van der Waals surface area contributed by atoms with E-state index >= 15 is 0 Å². The van der Waals surface area contributed by atoms with Gasteiger partial charge in [0, 0.05) is 30.1 Å². The molecule has 1 aromatic rings. The Hall–Kier alpha value is -1.38. The zero-order chi connectivity index (χ0) is 12.3. The maximum atomic E-state index is 5.86. The van der Waals surface area contributed by atoms with Crippen LogP contribution in [0.25, 0.3) is 0 Å². The van der Waals surface area contributed by atoms with Crippen molar-refractivity contribution in [3.8, 4) is 5.75 Å². The van der Waals surface area contributed by atoms with E-state index < -0.39 is 0 Å². The highest BCUT2D eigenvalue weighted by atomic mass is 16.5. The third kappa shape index (κ3) is 3.05. The number of rotatable bonds is 5. The van der Waals surface area contributed by atoms with Crippen molar-refractivity contribution in [3.05, 3.63) is 18.2 Å². The second-order valence-corrected chi connectivity index (χ2v) is 5.24. The summed E-state index contributed by atoms with van der Waals surface area (Å²) in [4.78, 5) is 0. The first-order valence-electron chi connectivity index (χ1n) is 6.38. The number of anilines is 2. The van der Waals surface area contributed by atoms with Gasteiger partial charge in [-0.3, -0.25) is 0 Å². The Bertz CT molecular complexity index is 386. The van der Waals surface area contributed by atoms with Gasteiger partial charge < -0.3 is 15.8 Å². The van der Waals surface area contributed by atoms with E-state index in [1.54, 1.807) is 0 Å². The zero-order valence-corrected chi connectivity index (χ0v) is 10.8. The molecular weight excluding hydrogens is 212 g/mol. The van der Waals surface area contributed by atoms with Gasteiger partial charge >= 0.3 is 0 Å². The molecule has 0 radical (unpaired) electrons. The molecule has 0 aromatic heterocycles. The van der Waals surface area contributed by atoms with Gasteiger partial charge in [-0.15, -0.1) is 0 Å². The normalized spacial score (nSPS) is 17.3. The monoisotopic (exact) mass is 234 g/mol. The summed E-state index contributed by atoms with van der Waals surface area (Å²) in [6.45, 7) is 5.99. The Morgan fingerprint density at radius 2 is 2.12 bits per heavy atom. The molecular formula is C14H22N2O. The van der Waals surface area contributed by atoms with Crippen LogP contribution in [0.2, 0.25) is 0 Å². The number of hydrogen-bond donors (Lipinski definition) is 2. The van der Waals surface area contributed by atoms with Crippen molar-refractivity contribution in [1.82, 2.24) is 0 Å². The van der Waals surface area contributed by atoms with Crippen molar-refractivity contribution >= 4 is 11.4 Å². The van der Waals surface area contributed by atoms with Gasteiger partial charge in [0.05, 0.1) is 6.61 Å². The Morgan fingerprint density at radius 3 is 2.71 bits per heavy atom. The van der Waals surface area contributed by atoms with E-state index in [0.717, 1.165) is 23.7 Å². The van der Waals surface area contributed by atoms with Gasteiger partial charge in [-0.1, -0.05) is 13.3 Å². The largest absolute Gasteiger partial charge is 0.494 e. The summed E-state index contributed by atoms with van der Waals surface area (Å²) in [6.07, 6.45) is 4.00. The first kappa shape index (κ1) is 12.1. The molecule has 1 aliphatic carbocycles. The highest BCUT2D eigenvalue weighted by Crippen LogP contribution is 2.40. The van der Waals surface area contributed by atoms with Crippen molar-refractivity contribution in [1.29, 1.82) is 0 Å². The summed E-state index contributed by atoms with van der Waals surface area (Å²) in [5.74, 6) is 0.841. The Morgan fingerprint density at radius 1 is 1.35 bits per heavy atom. The van der Waals surface area contributed by atoms with Crippen LogP contribution in [-0.2, 0) is 0 Å². The molecule has 17 heavy (non-hydrogen) atoms. The van der Waals surface area contributed by atoms with Crippen molar-refractivity contribution in [2.45, 2.75) is 33.1 Å². The molecule has 0 aliphatic heterocycles. The van der Waals surface area contributed by atoms with Gasteiger partial charge in [0.15, 0.2) is 0 Å². The molecule has 3 N–H and O–H groups in total. The van der Waals surface area contributed by atoms with E-state index in [4.69, 9.17) is 10.5 Å². The number of ether oxygens (including phenoxy) is 1. The zero-order valence-electron chi connectivity index (χ0n) is 10.8. The Labute approximate surface area is 103 Å². The molecule has 0 atom stereocenters.